The first kappa shape index (κ1) is 20.4. The average molecular weight is 428 g/mol. The van der Waals surface area contributed by atoms with Crippen molar-refractivity contribution < 1.29 is 17.6 Å². The zero-order valence-electron chi connectivity index (χ0n) is 17.0. The molecule has 0 saturated carbocycles. The van der Waals surface area contributed by atoms with Crippen molar-refractivity contribution in [2.45, 2.75) is 30.7 Å². The molecule has 3 aromatic rings. The van der Waals surface area contributed by atoms with Crippen LogP contribution < -0.4 is 10.2 Å². The standard InChI is InChI=1S/C22H25N3O4S/c1-15(16-7-9-18(10-8-16)30(2,27)28)23-21(26)17-11-13-25(14-12-17)22-24-19-5-3-4-6-20(19)29-22/h3-10,15,17H,11-14H2,1-2H3,(H,23,26)/t15-/m1/s1. The van der Waals surface area contributed by atoms with E-state index in [1.165, 1.54) is 6.26 Å². The number of nitrogens with zero attached hydrogens (tertiary/aromatic N) is 2. The van der Waals surface area contributed by atoms with Crippen LogP contribution in [0.5, 0.6) is 0 Å². The van der Waals surface area contributed by atoms with E-state index < -0.39 is 9.84 Å². The monoisotopic (exact) mass is 427 g/mol. The van der Waals surface area contributed by atoms with Gasteiger partial charge in [-0.3, -0.25) is 4.79 Å². The van der Waals surface area contributed by atoms with Crippen LogP contribution in [-0.2, 0) is 14.6 Å². The molecule has 7 nitrogen and oxygen atoms in total. The highest BCUT2D eigenvalue weighted by Gasteiger charge is 2.28. The summed E-state index contributed by atoms with van der Waals surface area (Å²) in [5, 5.41) is 3.05. The molecule has 1 aliphatic rings. The van der Waals surface area contributed by atoms with Gasteiger partial charge in [-0.1, -0.05) is 24.3 Å². The van der Waals surface area contributed by atoms with E-state index in [1.807, 2.05) is 31.2 Å². The number of benzene rings is 2. The highest BCUT2D eigenvalue weighted by atomic mass is 32.2. The first-order valence-corrected chi connectivity index (χ1v) is 11.9. The highest BCUT2D eigenvalue weighted by Crippen LogP contribution is 2.27. The normalized spacial score (nSPS) is 16.5. The lowest BCUT2D eigenvalue weighted by Gasteiger charge is -2.30. The molecule has 0 spiro atoms. The second-order valence-corrected chi connectivity index (χ2v) is 9.81. The summed E-state index contributed by atoms with van der Waals surface area (Å²) in [4.78, 5) is 19.6. The van der Waals surface area contributed by atoms with Crippen LogP contribution in [0, 0.1) is 5.92 Å². The van der Waals surface area contributed by atoms with Crippen molar-refractivity contribution in [3.8, 4) is 0 Å². The summed E-state index contributed by atoms with van der Waals surface area (Å²) in [6, 6.07) is 14.7. The third kappa shape index (κ3) is 4.33. The number of piperidine rings is 1. The number of carbonyl (C=O) groups excluding carboxylic acids is 1. The van der Waals surface area contributed by atoms with Gasteiger partial charge in [-0.25, -0.2) is 8.42 Å². The van der Waals surface area contributed by atoms with E-state index in [4.69, 9.17) is 4.42 Å². The lowest BCUT2D eigenvalue weighted by atomic mass is 9.95. The van der Waals surface area contributed by atoms with Crippen molar-refractivity contribution in [3.05, 3.63) is 54.1 Å². The topological polar surface area (TPSA) is 92.5 Å². The van der Waals surface area contributed by atoms with Gasteiger partial charge in [-0.05, 0) is 49.6 Å². The summed E-state index contributed by atoms with van der Waals surface area (Å²) in [5.74, 6) is -0.0460. The van der Waals surface area contributed by atoms with Gasteiger partial charge in [-0.15, -0.1) is 0 Å². The van der Waals surface area contributed by atoms with Crippen LogP contribution in [0.25, 0.3) is 11.1 Å². The van der Waals surface area contributed by atoms with Gasteiger partial charge in [-0.2, -0.15) is 4.98 Å². The van der Waals surface area contributed by atoms with Crippen molar-refractivity contribution in [2.75, 3.05) is 24.2 Å². The van der Waals surface area contributed by atoms with Crippen LogP contribution in [0.4, 0.5) is 6.01 Å². The second-order valence-electron chi connectivity index (χ2n) is 7.80. The van der Waals surface area contributed by atoms with Gasteiger partial charge >= 0.3 is 0 Å². The molecule has 30 heavy (non-hydrogen) atoms. The van der Waals surface area contributed by atoms with E-state index in [2.05, 4.69) is 15.2 Å². The van der Waals surface area contributed by atoms with E-state index in [0.29, 0.717) is 19.1 Å². The fraction of sp³-hybridized carbons (Fsp3) is 0.364. The number of hydrogen-bond donors (Lipinski definition) is 1. The summed E-state index contributed by atoms with van der Waals surface area (Å²) in [5.41, 5.74) is 2.48. The minimum Gasteiger partial charge on any atom is -0.423 e. The van der Waals surface area contributed by atoms with Gasteiger partial charge in [0.1, 0.15) is 5.52 Å². The van der Waals surface area contributed by atoms with Gasteiger partial charge in [0.25, 0.3) is 6.01 Å². The van der Waals surface area contributed by atoms with E-state index in [1.54, 1.807) is 24.3 Å². The SMILES string of the molecule is C[C@@H](NC(=O)C1CCN(c2nc3ccccc3o2)CC1)c1ccc(S(C)(=O)=O)cc1. The molecule has 0 aliphatic carbocycles. The summed E-state index contributed by atoms with van der Waals surface area (Å²) in [6.45, 7) is 3.32. The average Bonchev–Trinajstić information content (AvgIpc) is 3.17. The third-order valence-electron chi connectivity index (χ3n) is 5.59. The fourth-order valence-electron chi connectivity index (χ4n) is 3.75. The minimum absolute atomic E-state index is 0.0203. The Morgan fingerprint density at radius 3 is 2.43 bits per heavy atom. The lowest BCUT2D eigenvalue weighted by Crippen LogP contribution is -2.41. The Balaban J connectivity index is 1.33. The van der Waals surface area contributed by atoms with Gasteiger partial charge in [0.2, 0.25) is 5.91 Å². The van der Waals surface area contributed by atoms with Gasteiger partial charge in [0.15, 0.2) is 15.4 Å². The smallest absolute Gasteiger partial charge is 0.298 e. The number of anilines is 1. The van der Waals surface area contributed by atoms with Crippen molar-refractivity contribution in [2.24, 2.45) is 5.92 Å². The van der Waals surface area contributed by atoms with Crippen LogP contribution >= 0.6 is 0 Å². The zero-order chi connectivity index (χ0) is 21.3. The molecule has 4 rings (SSSR count). The fourth-order valence-corrected chi connectivity index (χ4v) is 4.38. The Morgan fingerprint density at radius 2 is 1.80 bits per heavy atom. The van der Waals surface area contributed by atoms with E-state index in [0.717, 1.165) is 29.5 Å². The Hall–Kier alpha value is -2.87. The zero-order valence-corrected chi connectivity index (χ0v) is 17.9. The number of carbonyl (C=O) groups is 1. The van der Waals surface area contributed by atoms with Gasteiger partial charge in [0, 0.05) is 25.3 Å². The number of sulfone groups is 1. The second kappa shape index (κ2) is 8.10. The van der Waals surface area contributed by atoms with Gasteiger partial charge in [0.05, 0.1) is 10.9 Å². The maximum atomic E-state index is 12.7. The quantitative estimate of drug-likeness (QED) is 0.671. The maximum Gasteiger partial charge on any atom is 0.298 e. The Morgan fingerprint density at radius 1 is 1.13 bits per heavy atom. The van der Waals surface area contributed by atoms with Crippen LogP contribution in [0.2, 0.25) is 0 Å². The van der Waals surface area contributed by atoms with Crippen molar-refractivity contribution in [1.82, 2.24) is 10.3 Å². The number of fused-ring (bicyclic) bond motifs is 1. The number of aromatic nitrogens is 1. The molecule has 0 radical (unpaired) electrons. The van der Waals surface area contributed by atoms with Crippen LogP contribution in [0.1, 0.15) is 31.4 Å². The first-order chi connectivity index (χ1) is 14.3. The molecule has 1 N–H and O–H groups in total. The largest absolute Gasteiger partial charge is 0.423 e. The van der Waals surface area contributed by atoms with E-state index in [-0.39, 0.29) is 22.8 Å². The molecule has 2 aromatic carbocycles. The molecule has 0 unspecified atom stereocenters. The predicted octanol–water partition coefficient (Wildman–Crippen LogP) is 3.33. The molecule has 1 fully saturated rings. The number of nitrogens with one attached hydrogen (secondary N) is 1. The number of oxazole rings is 1. The summed E-state index contributed by atoms with van der Waals surface area (Å²) < 4.78 is 29.0. The molecule has 1 saturated heterocycles. The van der Waals surface area contributed by atoms with Crippen LogP contribution in [0.3, 0.4) is 0 Å². The molecule has 1 atom stereocenters. The Bertz CT molecular complexity index is 1110. The molecule has 158 valence electrons. The molecule has 0 bridgehead atoms. The van der Waals surface area contributed by atoms with E-state index >= 15 is 0 Å². The summed E-state index contributed by atoms with van der Waals surface area (Å²) in [6.07, 6.45) is 2.63. The molecule has 1 aromatic heterocycles. The lowest BCUT2D eigenvalue weighted by molar-refractivity contribution is -0.126. The van der Waals surface area contributed by atoms with Crippen LogP contribution in [0.15, 0.2) is 57.8 Å². The third-order valence-corrected chi connectivity index (χ3v) is 6.71. The number of rotatable bonds is 5. The number of para-hydroxylation sites is 2. The molecule has 1 amide bonds. The molecular formula is C22H25N3O4S. The highest BCUT2D eigenvalue weighted by molar-refractivity contribution is 7.90. The maximum absolute atomic E-state index is 12.7. The van der Waals surface area contributed by atoms with E-state index in [9.17, 15) is 13.2 Å². The Kier molecular flexibility index (Phi) is 5.51. The van der Waals surface area contributed by atoms with Crippen molar-refractivity contribution in [3.63, 3.8) is 0 Å². The van der Waals surface area contributed by atoms with Crippen LogP contribution in [-0.4, -0.2) is 38.7 Å². The molecule has 2 heterocycles. The first-order valence-electron chi connectivity index (χ1n) is 10.0. The van der Waals surface area contributed by atoms with Crippen molar-refractivity contribution in [1.29, 1.82) is 0 Å². The predicted molar refractivity (Wildman–Crippen MR) is 115 cm³/mol. The molecule has 8 heteroatoms. The molecule has 1 aliphatic heterocycles. The summed E-state index contributed by atoms with van der Waals surface area (Å²) in [7, 11) is -3.23. The number of amides is 1. The van der Waals surface area contributed by atoms with Crippen molar-refractivity contribution >= 4 is 32.9 Å². The summed E-state index contributed by atoms with van der Waals surface area (Å²) >= 11 is 0. The molecular weight excluding hydrogens is 402 g/mol. The Labute approximate surface area is 176 Å². The van der Waals surface area contributed by atoms with Gasteiger partial charge < -0.3 is 14.6 Å². The minimum atomic E-state index is -3.23. The number of hydrogen-bond acceptors (Lipinski definition) is 6.